The first-order valence-electron chi connectivity index (χ1n) is 11.3. The molecule has 5 rings (SSSR count). The monoisotopic (exact) mass is 457 g/mol. The van der Waals surface area contributed by atoms with Crippen molar-refractivity contribution in [3.05, 3.63) is 93.8 Å². The first kappa shape index (κ1) is 21.5. The Morgan fingerprint density at radius 3 is 2.61 bits per heavy atom. The number of carbonyl (C=O) groups is 1. The number of ether oxygens (including phenoxy) is 1. The molecule has 5 nitrogen and oxygen atoms in total. The topological polar surface area (TPSA) is 47.4 Å². The van der Waals surface area contributed by atoms with Crippen LogP contribution < -0.4 is 4.74 Å². The van der Waals surface area contributed by atoms with Gasteiger partial charge in [-0.25, -0.2) is 4.68 Å². The van der Waals surface area contributed by atoms with E-state index in [-0.39, 0.29) is 5.91 Å². The molecule has 0 N–H and O–H groups in total. The van der Waals surface area contributed by atoms with Crippen LogP contribution in [0.5, 0.6) is 11.6 Å². The van der Waals surface area contributed by atoms with Crippen molar-refractivity contribution in [2.24, 2.45) is 5.92 Å². The van der Waals surface area contributed by atoms with Crippen LogP contribution in [-0.2, 0) is 6.54 Å². The zero-order valence-electron chi connectivity index (χ0n) is 18.9. The lowest BCUT2D eigenvalue weighted by Gasteiger charge is -2.23. The van der Waals surface area contributed by atoms with Gasteiger partial charge in [-0.1, -0.05) is 36.4 Å². The van der Waals surface area contributed by atoms with Crippen LogP contribution in [0.1, 0.15) is 39.3 Å². The molecule has 0 spiro atoms. The van der Waals surface area contributed by atoms with E-state index in [4.69, 9.17) is 9.84 Å². The maximum absolute atomic E-state index is 13.3. The van der Waals surface area contributed by atoms with Crippen LogP contribution in [0.15, 0.2) is 72.1 Å². The molecular formula is C27H27N3O2S. The lowest BCUT2D eigenvalue weighted by atomic mass is 10.2. The number of hydrogen-bond acceptors (Lipinski definition) is 4. The van der Waals surface area contributed by atoms with Crippen LogP contribution in [0.25, 0.3) is 5.69 Å². The van der Waals surface area contributed by atoms with Gasteiger partial charge in [0.15, 0.2) is 0 Å². The van der Waals surface area contributed by atoms with Gasteiger partial charge in [-0.3, -0.25) is 4.79 Å². The highest BCUT2D eigenvalue weighted by atomic mass is 32.1. The van der Waals surface area contributed by atoms with Gasteiger partial charge in [0.1, 0.15) is 5.75 Å². The highest BCUT2D eigenvalue weighted by molar-refractivity contribution is 7.12. The fourth-order valence-electron chi connectivity index (χ4n) is 3.94. The molecule has 6 heteroatoms. The van der Waals surface area contributed by atoms with E-state index >= 15 is 0 Å². The molecular weight excluding hydrogens is 430 g/mol. The number of rotatable bonds is 8. The van der Waals surface area contributed by atoms with Gasteiger partial charge in [-0.15, -0.1) is 11.3 Å². The lowest BCUT2D eigenvalue weighted by molar-refractivity contribution is 0.0738. The molecule has 1 fully saturated rings. The van der Waals surface area contributed by atoms with Gasteiger partial charge in [-0.2, -0.15) is 5.10 Å². The number of hydrogen-bond donors (Lipinski definition) is 0. The number of nitrogens with zero attached hydrogens (tertiary/aromatic N) is 3. The molecule has 168 valence electrons. The number of para-hydroxylation sites is 1. The van der Waals surface area contributed by atoms with Gasteiger partial charge in [0, 0.05) is 6.54 Å². The largest absolute Gasteiger partial charge is 0.439 e. The highest BCUT2D eigenvalue weighted by Gasteiger charge is 2.30. The normalized spacial score (nSPS) is 13.2. The summed E-state index contributed by atoms with van der Waals surface area (Å²) in [6, 6.07) is 21.8. The number of amides is 1. The quantitative estimate of drug-likeness (QED) is 0.308. The predicted octanol–water partition coefficient (Wildman–Crippen LogP) is 6.40. The summed E-state index contributed by atoms with van der Waals surface area (Å²) >= 11 is 1.49. The molecule has 2 aromatic carbocycles. The summed E-state index contributed by atoms with van der Waals surface area (Å²) in [5.41, 5.74) is 3.85. The van der Waals surface area contributed by atoms with Gasteiger partial charge in [-0.05, 0) is 73.9 Å². The standard InChI is InChI=1S/C27H27N3O2S/c1-19-8-6-11-23(16-19)32-27-24(20(2)28-30(27)22-9-4-3-5-10-22)18-29(17-21-13-14-21)26(31)25-12-7-15-33-25/h3-12,15-16,21H,13-14,17-18H2,1-2H3. The fourth-order valence-corrected chi connectivity index (χ4v) is 4.63. The minimum Gasteiger partial charge on any atom is -0.439 e. The third-order valence-corrected chi connectivity index (χ3v) is 6.74. The zero-order valence-corrected chi connectivity index (χ0v) is 19.7. The Bertz CT molecular complexity index is 1240. The molecule has 2 aromatic heterocycles. The van der Waals surface area contributed by atoms with Crippen LogP contribution in [0.4, 0.5) is 0 Å². The second-order valence-corrected chi connectivity index (χ2v) is 9.59. The smallest absolute Gasteiger partial charge is 0.264 e. The zero-order chi connectivity index (χ0) is 22.8. The van der Waals surface area contributed by atoms with E-state index in [1.807, 2.05) is 95.5 Å². The Morgan fingerprint density at radius 2 is 1.91 bits per heavy atom. The van der Waals surface area contributed by atoms with E-state index < -0.39 is 0 Å². The van der Waals surface area contributed by atoms with Crippen molar-refractivity contribution in [1.82, 2.24) is 14.7 Å². The van der Waals surface area contributed by atoms with Crippen LogP contribution in [-0.4, -0.2) is 27.1 Å². The van der Waals surface area contributed by atoms with E-state index in [9.17, 15) is 4.79 Å². The summed E-state index contributed by atoms with van der Waals surface area (Å²) in [5, 5.41) is 6.78. The first-order valence-corrected chi connectivity index (χ1v) is 12.2. The maximum Gasteiger partial charge on any atom is 0.264 e. The molecule has 1 amide bonds. The Balaban J connectivity index is 1.55. The van der Waals surface area contributed by atoms with Gasteiger partial charge in [0.2, 0.25) is 5.88 Å². The van der Waals surface area contributed by atoms with Crippen molar-refractivity contribution in [1.29, 1.82) is 0 Å². The summed E-state index contributed by atoms with van der Waals surface area (Å²) in [6.45, 7) is 5.26. The minimum absolute atomic E-state index is 0.0743. The summed E-state index contributed by atoms with van der Waals surface area (Å²) in [5.74, 6) is 2.07. The molecule has 1 aliphatic rings. The number of aromatic nitrogens is 2. The Labute approximate surface area is 198 Å². The molecule has 2 heterocycles. The maximum atomic E-state index is 13.3. The van der Waals surface area contributed by atoms with E-state index in [1.54, 1.807) is 0 Å². The number of benzene rings is 2. The lowest BCUT2D eigenvalue weighted by Crippen LogP contribution is -2.32. The van der Waals surface area contributed by atoms with Crippen molar-refractivity contribution >= 4 is 17.2 Å². The number of thiophene rings is 1. The van der Waals surface area contributed by atoms with E-state index in [0.717, 1.165) is 39.7 Å². The van der Waals surface area contributed by atoms with E-state index in [2.05, 4.69) is 0 Å². The van der Waals surface area contributed by atoms with Crippen molar-refractivity contribution < 1.29 is 9.53 Å². The molecule has 0 atom stereocenters. The van der Waals surface area contributed by atoms with Crippen LogP contribution in [0.2, 0.25) is 0 Å². The van der Waals surface area contributed by atoms with Gasteiger partial charge in [0.25, 0.3) is 5.91 Å². The predicted molar refractivity (Wildman–Crippen MR) is 131 cm³/mol. The first-order chi connectivity index (χ1) is 16.1. The molecule has 1 aliphatic carbocycles. The molecule has 1 saturated carbocycles. The molecule has 0 saturated heterocycles. The Kier molecular flexibility index (Phi) is 6.01. The summed E-state index contributed by atoms with van der Waals surface area (Å²) in [4.78, 5) is 16.1. The third-order valence-electron chi connectivity index (χ3n) is 5.89. The molecule has 4 aromatic rings. The molecule has 33 heavy (non-hydrogen) atoms. The van der Waals surface area contributed by atoms with E-state index in [0.29, 0.717) is 18.3 Å². The van der Waals surface area contributed by atoms with Crippen LogP contribution in [0, 0.1) is 19.8 Å². The number of aryl methyl sites for hydroxylation is 2. The van der Waals surface area contributed by atoms with Crippen LogP contribution in [0.3, 0.4) is 0 Å². The highest BCUT2D eigenvalue weighted by Crippen LogP contribution is 2.35. The van der Waals surface area contributed by atoms with Crippen molar-refractivity contribution in [3.8, 4) is 17.3 Å². The minimum atomic E-state index is 0.0743. The van der Waals surface area contributed by atoms with Gasteiger partial charge >= 0.3 is 0 Å². The third kappa shape index (κ3) is 4.86. The van der Waals surface area contributed by atoms with E-state index in [1.165, 1.54) is 24.2 Å². The molecule has 0 aliphatic heterocycles. The Hall–Kier alpha value is -3.38. The second kappa shape index (κ2) is 9.24. The second-order valence-electron chi connectivity index (χ2n) is 8.64. The van der Waals surface area contributed by atoms with Gasteiger partial charge < -0.3 is 9.64 Å². The van der Waals surface area contributed by atoms with Crippen molar-refractivity contribution in [2.75, 3.05) is 6.54 Å². The van der Waals surface area contributed by atoms with Crippen molar-refractivity contribution in [3.63, 3.8) is 0 Å². The SMILES string of the molecule is Cc1cccc(Oc2c(CN(CC3CC3)C(=O)c3cccs3)c(C)nn2-c2ccccc2)c1. The molecule has 0 radical (unpaired) electrons. The average Bonchev–Trinajstić information content (AvgIpc) is 3.36. The molecule has 0 bridgehead atoms. The summed E-state index contributed by atoms with van der Waals surface area (Å²) in [7, 11) is 0. The van der Waals surface area contributed by atoms with Gasteiger partial charge in [0.05, 0.1) is 28.4 Å². The fraction of sp³-hybridized carbons (Fsp3) is 0.259. The average molecular weight is 458 g/mol. The summed E-state index contributed by atoms with van der Waals surface area (Å²) in [6.07, 6.45) is 2.37. The van der Waals surface area contributed by atoms with Crippen LogP contribution >= 0.6 is 11.3 Å². The molecule has 0 unspecified atom stereocenters. The Morgan fingerprint density at radius 1 is 1.09 bits per heavy atom. The summed E-state index contributed by atoms with van der Waals surface area (Å²) < 4.78 is 8.30. The van der Waals surface area contributed by atoms with Crippen molar-refractivity contribution in [2.45, 2.75) is 33.2 Å². The number of carbonyl (C=O) groups excluding carboxylic acids is 1.